The quantitative estimate of drug-likeness (QED) is 0.666. The van der Waals surface area contributed by atoms with Crippen molar-refractivity contribution >= 4 is 5.69 Å². The summed E-state index contributed by atoms with van der Waals surface area (Å²) < 4.78 is 1.54. The summed E-state index contributed by atoms with van der Waals surface area (Å²) in [5.74, 6) is 0.403. The lowest BCUT2D eigenvalue weighted by Gasteiger charge is -2.20. The van der Waals surface area contributed by atoms with E-state index in [1.807, 2.05) is 6.92 Å². The molecular weight excluding hydrogens is 260 g/mol. The minimum Gasteiger partial charge on any atom is -0.388 e. The van der Waals surface area contributed by atoms with Gasteiger partial charge in [-0.25, -0.2) is 9.67 Å². The van der Waals surface area contributed by atoms with Crippen LogP contribution in [0.3, 0.4) is 0 Å². The van der Waals surface area contributed by atoms with Crippen LogP contribution in [0.1, 0.15) is 20.3 Å². The third-order valence-electron chi connectivity index (χ3n) is 3.12. The number of hydrogen-bond acceptors (Lipinski definition) is 5. The number of aliphatic hydroxyl groups is 1. The lowest BCUT2D eigenvalue weighted by atomic mass is 10.0. The summed E-state index contributed by atoms with van der Waals surface area (Å²) >= 11 is 0. The van der Waals surface area contributed by atoms with E-state index in [9.17, 15) is 15.2 Å². The number of nitro groups is 1. The van der Waals surface area contributed by atoms with Crippen LogP contribution in [-0.4, -0.2) is 30.4 Å². The molecule has 0 radical (unpaired) electrons. The molecule has 0 aliphatic heterocycles. The smallest absolute Gasteiger partial charge is 0.270 e. The largest absolute Gasteiger partial charge is 0.388 e. The zero-order valence-electron chi connectivity index (χ0n) is 11.4. The second-order valence-corrected chi connectivity index (χ2v) is 4.92. The number of rotatable bonds is 5. The van der Waals surface area contributed by atoms with E-state index >= 15 is 0 Å². The first-order chi connectivity index (χ1) is 9.41. The molecular formula is C13H16N4O3. The van der Waals surface area contributed by atoms with Crippen molar-refractivity contribution in [2.75, 3.05) is 0 Å². The average Bonchev–Trinajstić information content (AvgIpc) is 2.86. The number of benzene rings is 1. The van der Waals surface area contributed by atoms with Crippen molar-refractivity contribution in [3.8, 4) is 11.4 Å². The molecule has 0 bridgehead atoms. The SMILES string of the molecule is CCC(C)(O)Cn1cnc(-c2cccc([N+](=O)[O-])c2)n1. The molecule has 20 heavy (non-hydrogen) atoms. The van der Waals surface area contributed by atoms with E-state index in [1.54, 1.807) is 19.1 Å². The van der Waals surface area contributed by atoms with E-state index in [4.69, 9.17) is 0 Å². The summed E-state index contributed by atoms with van der Waals surface area (Å²) in [6.07, 6.45) is 2.11. The molecule has 1 N–H and O–H groups in total. The summed E-state index contributed by atoms with van der Waals surface area (Å²) in [7, 11) is 0. The third kappa shape index (κ3) is 3.18. The Balaban J connectivity index is 2.25. The Hall–Kier alpha value is -2.28. The fourth-order valence-corrected chi connectivity index (χ4v) is 1.72. The van der Waals surface area contributed by atoms with Crippen LogP contribution >= 0.6 is 0 Å². The Morgan fingerprint density at radius 1 is 1.50 bits per heavy atom. The summed E-state index contributed by atoms with van der Waals surface area (Å²) in [6.45, 7) is 3.94. The molecule has 2 rings (SSSR count). The van der Waals surface area contributed by atoms with Crippen LogP contribution in [0.25, 0.3) is 11.4 Å². The van der Waals surface area contributed by atoms with Crippen molar-refractivity contribution in [3.05, 3.63) is 40.7 Å². The second-order valence-electron chi connectivity index (χ2n) is 4.92. The number of aromatic nitrogens is 3. The van der Waals surface area contributed by atoms with Crippen molar-refractivity contribution in [3.63, 3.8) is 0 Å². The van der Waals surface area contributed by atoms with Gasteiger partial charge in [0.15, 0.2) is 5.82 Å². The first-order valence-corrected chi connectivity index (χ1v) is 6.28. The minimum absolute atomic E-state index is 0.000551. The van der Waals surface area contributed by atoms with E-state index in [0.29, 0.717) is 24.4 Å². The fourth-order valence-electron chi connectivity index (χ4n) is 1.72. The van der Waals surface area contributed by atoms with Gasteiger partial charge in [-0.05, 0) is 13.3 Å². The van der Waals surface area contributed by atoms with Crippen LogP contribution in [0.2, 0.25) is 0 Å². The van der Waals surface area contributed by atoms with Gasteiger partial charge in [-0.1, -0.05) is 19.1 Å². The zero-order chi connectivity index (χ0) is 14.8. The maximum atomic E-state index is 10.7. The van der Waals surface area contributed by atoms with Crippen LogP contribution in [0.15, 0.2) is 30.6 Å². The molecule has 0 amide bonds. The van der Waals surface area contributed by atoms with Gasteiger partial charge >= 0.3 is 0 Å². The Bertz CT molecular complexity index is 622. The molecule has 0 fully saturated rings. The topological polar surface area (TPSA) is 94.1 Å². The fraction of sp³-hybridized carbons (Fsp3) is 0.385. The molecule has 1 heterocycles. The van der Waals surface area contributed by atoms with Gasteiger partial charge in [-0.3, -0.25) is 10.1 Å². The van der Waals surface area contributed by atoms with Gasteiger partial charge < -0.3 is 5.11 Å². The van der Waals surface area contributed by atoms with Gasteiger partial charge in [0, 0.05) is 17.7 Å². The average molecular weight is 276 g/mol. The van der Waals surface area contributed by atoms with Crippen molar-refractivity contribution in [2.24, 2.45) is 0 Å². The Morgan fingerprint density at radius 3 is 2.90 bits per heavy atom. The van der Waals surface area contributed by atoms with E-state index in [1.165, 1.54) is 23.1 Å². The Kier molecular flexibility index (Phi) is 3.80. The van der Waals surface area contributed by atoms with Crippen LogP contribution in [0.4, 0.5) is 5.69 Å². The molecule has 1 atom stereocenters. The van der Waals surface area contributed by atoms with Crippen molar-refractivity contribution < 1.29 is 10.0 Å². The highest BCUT2D eigenvalue weighted by Crippen LogP contribution is 2.21. The molecule has 7 nitrogen and oxygen atoms in total. The molecule has 7 heteroatoms. The van der Waals surface area contributed by atoms with E-state index in [2.05, 4.69) is 10.1 Å². The molecule has 1 unspecified atom stereocenters. The molecule has 0 spiro atoms. The zero-order valence-corrected chi connectivity index (χ0v) is 11.4. The first kappa shape index (κ1) is 14.1. The highest BCUT2D eigenvalue weighted by atomic mass is 16.6. The van der Waals surface area contributed by atoms with E-state index in [-0.39, 0.29) is 5.69 Å². The maximum absolute atomic E-state index is 10.7. The number of hydrogen-bond donors (Lipinski definition) is 1. The molecule has 0 aliphatic carbocycles. The van der Waals surface area contributed by atoms with Gasteiger partial charge in [0.2, 0.25) is 0 Å². The van der Waals surface area contributed by atoms with E-state index < -0.39 is 10.5 Å². The molecule has 0 saturated heterocycles. The normalized spacial score (nSPS) is 13.9. The van der Waals surface area contributed by atoms with Gasteiger partial charge in [-0.2, -0.15) is 5.10 Å². The predicted molar refractivity (Wildman–Crippen MR) is 73.0 cm³/mol. The lowest BCUT2D eigenvalue weighted by molar-refractivity contribution is -0.384. The molecule has 106 valence electrons. The molecule has 0 aliphatic rings. The number of non-ortho nitro benzene ring substituents is 1. The second kappa shape index (κ2) is 5.38. The van der Waals surface area contributed by atoms with Crippen LogP contribution < -0.4 is 0 Å². The standard InChI is InChI=1S/C13H16N4O3/c1-3-13(2,18)8-16-9-14-12(15-16)10-5-4-6-11(7-10)17(19)20/h4-7,9,18H,3,8H2,1-2H3. The number of nitrogens with zero attached hydrogens (tertiary/aromatic N) is 4. The van der Waals surface area contributed by atoms with Gasteiger partial charge in [0.25, 0.3) is 5.69 Å². The maximum Gasteiger partial charge on any atom is 0.270 e. The summed E-state index contributed by atoms with van der Waals surface area (Å²) in [5, 5.41) is 25.0. The van der Waals surface area contributed by atoms with E-state index in [0.717, 1.165) is 0 Å². The molecule has 2 aromatic rings. The van der Waals surface area contributed by atoms with Crippen molar-refractivity contribution in [2.45, 2.75) is 32.4 Å². The molecule has 1 aromatic carbocycles. The monoisotopic (exact) mass is 276 g/mol. The van der Waals surface area contributed by atoms with Crippen molar-refractivity contribution in [1.82, 2.24) is 14.8 Å². The van der Waals surface area contributed by atoms with Crippen LogP contribution in [-0.2, 0) is 6.54 Å². The van der Waals surface area contributed by atoms with Crippen LogP contribution in [0, 0.1) is 10.1 Å². The first-order valence-electron chi connectivity index (χ1n) is 6.28. The summed E-state index contributed by atoms with van der Waals surface area (Å²) in [6, 6.07) is 6.15. The predicted octanol–water partition coefficient (Wildman–Crippen LogP) is 2.01. The highest BCUT2D eigenvalue weighted by Gasteiger charge is 2.19. The van der Waals surface area contributed by atoms with Gasteiger partial charge in [0.1, 0.15) is 6.33 Å². The van der Waals surface area contributed by atoms with Crippen molar-refractivity contribution in [1.29, 1.82) is 0 Å². The molecule has 0 saturated carbocycles. The van der Waals surface area contributed by atoms with Gasteiger partial charge in [0.05, 0.1) is 17.1 Å². The Labute approximate surface area is 116 Å². The molecule has 1 aromatic heterocycles. The van der Waals surface area contributed by atoms with Crippen LogP contribution in [0.5, 0.6) is 0 Å². The summed E-state index contributed by atoms with van der Waals surface area (Å²) in [4.78, 5) is 14.4. The summed E-state index contributed by atoms with van der Waals surface area (Å²) in [5.41, 5.74) is -0.276. The highest BCUT2D eigenvalue weighted by molar-refractivity contribution is 5.58. The minimum atomic E-state index is -0.854. The van der Waals surface area contributed by atoms with Gasteiger partial charge in [-0.15, -0.1) is 0 Å². The number of nitro benzene ring substituents is 1. The third-order valence-corrected chi connectivity index (χ3v) is 3.12. The lowest BCUT2D eigenvalue weighted by Crippen LogP contribution is -2.29. The Morgan fingerprint density at radius 2 is 2.25 bits per heavy atom.